The van der Waals surface area contributed by atoms with Gasteiger partial charge in [0.25, 0.3) is 0 Å². The van der Waals surface area contributed by atoms with Gasteiger partial charge in [0, 0.05) is 36.0 Å². The molecule has 0 bridgehead atoms. The van der Waals surface area contributed by atoms with Gasteiger partial charge in [0.1, 0.15) is 6.04 Å². The molecule has 2 unspecified atom stereocenters. The summed E-state index contributed by atoms with van der Waals surface area (Å²) in [5.74, 6) is -1.41. The highest BCUT2D eigenvalue weighted by Gasteiger charge is 2.22. The number of hydrogen-bond acceptors (Lipinski definition) is 3. The first-order valence-corrected chi connectivity index (χ1v) is 6.80. The molecule has 21 heavy (non-hydrogen) atoms. The van der Waals surface area contributed by atoms with Gasteiger partial charge in [-0.1, -0.05) is 18.2 Å². The summed E-state index contributed by atoms with van der Waals surface area (Å²) in [5, 5.41) is 12.8. The van der Waals surface area contributed by atoms with Gasteiger partial charge >= 0.3 is 5.97 Å². The molecule has 2 rings (SSSR count). The number of hydrogen-bond donors (Lipinski definition) is 4. The van der Waals surface area contributed by atoms with Crippen LogP contribution in [-0.4, -0.2) is 34.1 Å². The fourth-order valence-electron chi connectivity index (χ4n) is 2.27. The molecule has 0 aliphatic carbocycles. The van der Waals surface area contributed by atoms with Crippen LogP contribution in [0.1, 0.15) is 18.9 Å². The van der Waals surface area contributed by atoms with Crippen LogP contribution in [0.3, 0.4) is 0 Å². The van der Waals surface area contributed by atoms with E-state index >= 15 is 0 Å². The molecule has 5 N–H and O–H groups in total. The predicted molar refractivity (Wildman–Crippen MR) is 79.8 cm³/mol. The molecular weight excluding hydrogens is 270 g/mol. The molecule has 1 aromatic carbocycles. The molecule has 2 aromatic rings. The van der Waals surface area contributed by atoms with Crippen LogP contribution in [0.25, 0.3) is 10.9 Å². The van der Waals surface area contributed by atoms with Crippen LogP contribution in [0, 0.1) is 0 Å². The highest BCUT2D eigenvalue weighted by atomic mass is 16.4. The molecule has 0 aliphatic heterocycles. The largest absolute Gasteiger partial charge is 0.480 e. The maximum absolute atomic E-state index is 11.7. The van der Waals surface area contributed by atoms with E-state index in [1.807, 2.05) is 24.3 Å². The van der Waals surface area contributed by atoms with Gasteiger partial charge in [0.05, 0.1) is 0 Å². The number of aliphatic carboxylic acids is 1. The lowest BCUT2D eigenvalue weighted by Gasteiger charge is -2.15. The van der Waals surface area contributed by atoms with Crippen LogP contribution in [0.2, 0.25) is 0 Å². The fraction of sp³-hybridized carbons (Fsp3) is 0.333. The average molecular weight is 289 g/mol. The summed E-state index contributed by atoms with van der Waals surface area (Å²) in [6.45, 7) is 1.70. The number of amides is 1. The van der Waals surface area contributed by atoms with E-state index in [1.54, 1.807) is 13.1 Å². The first-order chi connectivity index (χ1) is 9.97. The number of carboxylic acids is 1. The van der Waals surface area contributed by atoms with Crippen LogP contribution in [0.5, 0.6) is 0 Å². The van der Waals surface area contributed by atoms with Crippen molar-refractivity contribution in [3.63, 3.8) is 0 Å². The monoisotopic (exact) mass is 289 g/mol. The topological polar surface area (TPSA) is 108 Å². The number of aromatic amines is 1. The van der Waals surface area contributed by atoms with Crippen LogP contribution in [0.4, 0.5) is 0 Å². The van der Waals surface area contributed by atoms with Crippen molar-refractivity contribution in [3.05, 3.63) is 36.0 Å². The molecule has 1 aromatic heterocycles. The van der Waals surface area contributed by atoms with Crippen LogP contribution >= 0.6 is 0 Å². The van der Waals surface area contributed by atoms with Crippen molar-refractivity contribution in [1.29, 1.82) is 0 Å². The number of fused-ring (bicyclic) bond motifs is 1. The first kappa shape index (κ1) is 15.1. The second kappa shape index (κ2) is 6.41. The third-order valence-electron chi connectivity index (χ3n) is 3.24. The summed E-state index contributed by atoms with van der Waals surface area (Å²) in [5.41, 5.74) is 7.35. The standard InChI is InChI=1S/C15H19N3O3/c1-9(16)6-14(19)18-13(15(20)21)7-10-8-17-12-5-3-2-4-11(10)12/h2-5,8-9,13,17H,6-7,16H2,1H3,(H,18,19)(H,20,21). The Labute approximate surface area is 122 Å². The highest BCUT2D eigenvalue weighted by Crippen LogP contribution is 2.19. The van der Waals surface area contributed by atoms with Crippen molar-refractivity contribution in [3.8, 4) is 0 Å². The number of carboxylic acid groups (broad SMARTS) is 1. The number of rotatable bonds is 6. The zero-order valence-electron chi connectivity index (χ0n) is 11.8. The summed E-state index contributed by atoms with van der Waals surface area (Å²) in [7, 11) is 0. The Bertz CT molecular complexity index is 648. The normalized spacial score (nSPS) is 13.8. The summed E-state index contributed by atoms with van der Waals surface area (Å²) in [6, 6.07) is 6.38. The molecule has 1 amide bonds. The molecule has 0 fully saturated rings. The number of carbonyl (C=O) groups excluding carboxylic acids is 1. The summed E-state index contributed by atoms with van der Waals surface area (Å²) in [6.07, 6.45) is 2.11. The molecule has 0 aliphatic rings. The average Bonchev–Trinajstić information content (AvgIpc) is 2.80. The van der Waals surface area contributed by atoms with E-state index in [-0.39, 0.29) is 24.8 Å². The van der Waals surface area contributed by atoms with Crippen molar-refractivity contribution in [1.82, 2.24) is 10.3 Å². The molecule has 0 radical (unpaired) electrons. The van der Waals surface area contributed by atoms with Crippen molar-refractivity contribution in [2.75, 3.05) is 0 Å². The van der Waals surface area contributed by atoms with Gasteiger partial charge in [0.15, 0.2) is 0 Å². The Morgan fingerprint density at radius 2 is 2.10 bits per heavy atom. The highest BCUT2D eigenvalue weighted by molar-refractivity contribution is 5.86. The number of aromatic nitrogens is 1. The van der Waals surface area contributed by atoms with Gasteiger partial charge in [-0.3, -0.25) is 4.79 Å². The predicted octanol–water partition coefficient (Wildman–Crippen LogP) is 1.02. The Morgan fingerprint density at radius 1 is 1.38 bits per heavy atom. The van der Waals surface area contributed by atoms with Crippen LogP contribution in [-0.2, 0) is 16.0 Å². The molecular formula is C15H19N3O3. The minimum atomic E-state index is -1.06. The number of benzene rings is 1. The number of nitrogens with one attached hydrogen (secondary N) is 2. The summed E-state index contributed by atoms with van der Waals surface area (Å²) >= 11 is 0. The maximum atomic E-state index is 11.7. The zero-order valence-corrected chi connectivity index (χ0v) is 11.8. The van der Waals surface area contributed by atoms with Gasteiger partial charge in [-0.25, -0.2) is 4.79 Å². The molecule has 6 heteroatoms. The van der Waals surface area contributed by atoms with Crippen molar-refractivity contribution in [2.24, 2.45) is 5.73 Å². The molecule has 112 valence electrons. The third-order valence-corrected chi connectivity index (χ3v) is 3.24. The zero-order chi connectivity index (χ0) is 15.4. The lowest BCUT2D eigenvalue weighted by Crippen LogP contribution is -2.43. The van der Waals surface area contributed by atoms with E-state index in [4.69, 9.17) is 5.73 Å². The minimum Gasteiger partial charge on any atom is -0.480 e. The number of nitrogens with two attached hydrogens (primary N) is 1. The van der Waals surface area contributed by atoms with E-state index in [1.165, 1.54) is 0 Å². The van der Waals surface area contributed by atoms with Crippen molar-refractivity contribution < 1.29 is 14.7 Å². The second-order valence-corrected chi connectivity index (χ2v) is 5.20. The van der Waals surface area contributed by atoms with Gasteiger partial charge < -0.3 is 21.1 Å². The Balaban J connectivity index is 2.13. The molecule has 1 heterocycles. The van der Waals surface area contributed by atoms with E-state index in [9.17, 15) is 14.7 Å². The molecule has 0 saturated carbocycles. The lowest BCUT2D eigenvalue weighted by molar-refractivity contribution is -0.141. The Kier molecular flexibility index (Phi) is 4.59. The van der Waals surface area contributed by atoms with E-state index in [0.717, 1.165) is 16.5 Å². The van der Waals surface area contributed by atoms with Crippen molar-refractivity contribution >= 4 is 22.8 Å². The first-order valence-electron chi connectivity index (χ1n) is 6.80. The second-order valence-electron chi connectivity index (χ2n) is 5.20. The molecule has 2 atom stereocenters. The fourth-order valence-corrected chi connectivity index (χ4v) is 2.27. The van der Waals surface area contributed by atoms with E-state index < -0.39 is 12.0 Å². The number of H-pyrrole nitrogens is 1. The quantitative estimate of drug-likeness (QED) is 0.636. The van der Waals surface area contributed by atoms with Gasteiger partial charge in [-0.15, -0.1) is 0 Å². The van der Waals surface area contributed by atoms with Crippen LogP contribution in [0.15, 0.2) is 30.5 Å². The van der Waals surface area contributed by atoms with Crippen molar-refractivity contribution in [2.45, 2.75) is 31.8 Å². The van der Waals surface area contributed by atoms with E-state index in [0.29, 0.717) is 0 Å². The van der Waals surface area contributed by atoms with E-state index in [2.05, 4.69) is 10.3 Å². The van der Waals surface area contributed by atoms with Crippen LogP contribution < -0.4 is 11.1 Å². The summed E-state index contributed by atoms with van der Waals surface area (Å²) < 4.78 is 0. The smallest absolute Gasteiger partial charge is 0.326 e. The molecule has 0 spiro atoms. The number of carbonyl (C=O) groups is 2. The van der Waals surface area contributed by atoms with Gasteiger partial charge in [-0.2, -0.15) is 0 Å². The SMILES string of the molecule is CC(N)CC(=O)NC(Cc1c[nH]c2ccccc12)C(=O)O. The molecule has 6 nitrogen and oxygen atoms in total. The van der Waals surface area contributed by atoms with Gasteiger partial charge in [0.2, 0.25) is 5.91 Å². The summed E-state index contributed by atoms with van der Waals surface area (Å²) in [4.78, 5) is 26.1. The van der Waals surface area contributed by atoms with Gasteiger partial charge in [-0.05, 0) is 18.6 Å². The lowest BCUT2D eigenvalue weighted by atomic mass is 10.0. The Morgan fingerprint density at radius 3 is 2.76 bits per heavy atom. The Hall–Kier alpha value is -2.34. The maximum Gasteiger partial charge on any atom is 0.326 e. The minimum absolute atomic E-state index is 0.109. The number of para-hydroxylation sites is 1. The molecule has 0 saturated heterocycles. The third kappa shape index (κ3) is 3.82.